The van der Waals surface area contributed by atoms with Crippen LogP contribution in [-0.4, -0.2) is 24.0 Å². The lowest BCUT2D eigenvalue weighted by atomic mass is 9.92. The van der Waals surface area contributed by atoms with Crippen molar-refractivity contribution in [2.75, 3.05) is 18.4 Å². The van der Waals surface area contributed by atoms with Crippen LogP contribution in [0.15, 0.2) is 18.2 Å². The van der Waals surface area contributed by atoms with Crippen LogP contribution in [0.2, 0.25) is 5.15 Å². The van der Waals surface area contributed by atoms with Crippen LogP contribution in [0.4, 0.5) is 5.82 Å². The Morgan fingerprint density at radius 3 is 2.94 bits per heavy atom. The van der Waals surface area contributed by atoms with Gasteiger partial charge in [-0.1, -0.05) is 17.7 Å². The van der Waals surface area contributed by atoms with Crippen LogP contribution >= 0.6 is 11.6 Å². The molecule has 18 heavy (non-hydrogen) atoms. The number of carbonyl (C=O) groups excluding carboxylic acids is 1. The molecule has 1 amide bonds. The van der Waals surface area contributed by atoms with E-state index in [2.05, 4.69) is 15.6 Å². The Kier molecular flexibility index (Phi) is 2.99. The maximum absolute atomic E-state index is 12.1. The van der Waals surface area contributed by atoms with Gasteiger partial charge in [0.2, 0.25) is 5.91 Å². The van der Waals surface area contributed by atoms with Crippen molar-refractivity contribution < 1.29 is 4.79 Å². The molecule has 4 nitrogen and oxygen atoms in total. The second-order valence-electron chi connectivity index (χ2n) is 5.20. The van der Waals surface area contributed by atoms with Gasteiger partial charge in [0.1, 0.15) is 11.0 Å². The number of hydrogen-bond donors (Lipinski definition) is 2. The van der Waals surface area contributed by atoms with Gasteiger partial charge in [-0.25, -0.2) is 4.98 Å². The van der Waals surface area contributed by atoms with Gasteiger partial charge < -0.3 is 10.6 Å². The predicted octanol–water partition coefficient (Wildman–Crippen LogP) is 2.06. The second kappa shape index (κ2) is 4.52. The number of rotatable bonds is 2. The first-order valence-electron chi connectivity index (χ1n) is 6.34. The van der Waals surface area contributed by atoms with Crippen LogP contribution in [-0.2, 0) is 4.79 Å². The molecule has 2 heterocycles. The smallest absolute Gasteiger partial charge is 0.229 e. The highest BCUT2D eigenvalue weighted by Crippen LogP contribution is 2.58. The number of nitrogens with one attached hydrogen (secondary N) is 2. The van der Waals surface area contributed by atoms with Crippen LogP contribution < -0.4 is 10.6 Å². The third-order valence-electron chi connectivity index (χ3n) is 4.07. The normalized spacial score (nSPS) is 24.8. The highest BCUT2D eigenvalue weighted by Gasteiger charge is 2.57. The fraction of sp³-hybridized carbons (Fsp3) is 0.538. The van der Waals surface area contributed by atoms with Gasteiger partial charge in [-0.2, -0.15) is 0 Å². The highest BCUT2D eigenvalue weighted by atomic mass is 35.5. The fourth-order valence-electron chi connectivity index (χ4n) is 2.89. The van der Waals surface area contributed by atoms with Crippen molar-refractivity contribution in [3.05, 3.63) is 23.4 Å². The monoisotopic (exact) mass is 265 g/mol. The minimum Gasteiger partial charge on any atom is -0.317 e. The van der Waals surface area contributed by atoms with E-state index in [-0.39, 0.29) is 17.2 Å². The Bertz CT molecular complexity index is 471. The van der Waals surface area contributed by atoms with Gasteiger partial charge in [-0.3, -0.25) is 4.79 Å². The Labute approximate surface area is 111 Å². The largest absolute Gasteiger partial charge is 0.317 e. The highest BCUT2D eigenvalue weighted by molar-refractivity contribution is 6.29. The molecule has 2 fully saturated rings. The molecule has 1 atom stereocenters. The molecule has 0 aromatic carbocycles. The molecule has 1 spiro atoms. The Morgan fingerprint density at radius 2 is 2.22 bits per heavy atom. The van der Waals surface area contributed by atoms with Crippen LogP contribution in [0, 0.1) is 11.3 Å². The summed E-state index contributed by atoms with van der Waals surface area (Å²) in [6.07, 6.45) is 3.23. The lowest BCUT2D eigenvalue weighted by Gasteiger charge is -2.23. The number of pyridine rings is 1. The van der Waals surface area contributed by atoms with Crippen molar-refractivity contribution in [2.45, 2.75) is 19.3 Å². The molecule has 1 aromatic heterocycles. The van der Waals surface area contributed by atoms with E-state index >= 15 is 0 Å². The van der Waals surface area contributed by atoms with Gasteiger partial charge in [-0.05, 0) is 49.9 Å². The predicted molar refractivity (Wildman–Crippen MR) is 70.5 cm³/mol. The molecule has 1 saturated carbocycles. The third-order valence-corrected chi connectivity index (χ3v) is 4.28. The summed E-state index contributed by atoms with van der Waals surface area (Å²) < 4.78 is 0. The van der Waals surface area contributed by atoms with Crippen molar-refractivity contribution in [3.63, 3.8) is 0 Å². The van der Waals surface area contributed by atoms with Gasteiger partial charge in [0.25, 0.3) is 0 Å². The molecule has 2 aliphatic rings. The average Bonchev–Trinajstić information content (AvgIpc) is 3.04. The van der Waals surface area contributed by atoms with E-state index in [0.29, 0.717) is 11.0 Å². The van der Waals surface area contributed by atoms with E-state index in [1.165, 1.54) is 0 Å². The molecule has 0 bridgehead atoms. The maximum atomic E-state index is 12.1. The number of nitrogens with zero attached hydrogens (tertiary/aromatic N) is 1. The first kappa shape index (κ1) is 11.9. The average molecular weight is 266 g/mol. The number of hydrogen-bond acceptors (Lipinski definition) is 3. The second-order valence-corrected chi connectivity index (χ2v) is 5.59. The van der Waals surface area contributed by atoms with Gasteiger partial charge >= 0.3 is 0 Å². The number of halogens is 1. The third kappa shape index (κ3) is 2.22. The van der Waals surface area contributed by atoms with Crippen LogP contribution in [0.3, 0.4) is 0 Å². The molecule has 0 radical (unpaired) electrons. The molecule has 1 aliphatic carbocycles. The van der Waals surface area contributed by atoms with Crippen molar-refractivity contribution >= 4 is 23.3 Å². The Morgan fingerprint density at radius 1 is 1.44 bits per heavy atom. The van der Waals surface area contributed by atoms with E-state index in [9.17, 15) is 4.79 Å². The zero-order chi connectivity index (χ0) is 12.6. The SMILES string of the molecule is O=C(Nc1cccc(Cl)n1)C1CC12CCNCC2. The van der Waals surface area contributed by atoms with Crippen molar-refractivity contribution in [2.24, 2.45) is 11.3 Å². The lowest BCUT2D eigenvalue weighted by molar-refractivity contribution is -0.118. The van der Waals surface area contributed by atoms with E-state index in [1.807, 2.05) is 0 Å². The summed E-state index contributed by atoms with van der Waals surface area (Å²) in [5.41, 5.74) is 0.258. The molecule has 1 saturated heterocycles. The van der Waals surface area contributed by atoms with Gasteiger partial charge in [0.05, 0.1) is 0 Å². The Balaban J connectivity index is 1.63. The Hall–Kier alpha value is -1.13. The molecule has 5 heteroatoms. The minimum atomic E-state index is 0.0895. The van der Waals surface area contributed by atoms with Crippen molar-refractivity contribution in [1.82, 2.24) is 10.3 Å². The molecular weight excluding hydrogens is 250 g/mol. The molecule has 3 rings (SSSR count). The fourth-order valence-corrected chi connectivity index (χ4v) is 3.05. The van der Waals surface area contributed by atoms with E-state index in [4.69, 9.17) is 11.6 Å². The maximum Gasteiger partial charge on any atom is 0.229 e. The van der Waals surface area contributed by atoms with Crippen molar-refractivity contribution in [3.8, 4) is 0 Å². The first-order chi connectivity index (χ1) is 8.70. The number of piperidine rings is 1. The summed E-state index contributed by atoms with van der Waals surface area (Å²) >= 11 is 5.80. The van der Waals surface area contributed by atoms with Gasteiger partial charge in [-0.15, -0.1) is 0 Å². The number of anilines is 1. The summed E-state index contributed by atoms with van der Waals surface area (Å²) in [6, 6.07) is 5.25. The quantitative estimate of drug-likeness (QED) is 0.805. The van der Waals surface area contributed by atoms with E-state index in [1.54, 1.807) is 18.2 Å². The topological polar surface area (TPSA) is 54.0 Å². The van der Waals surface area contributed by atoms with Gasteiger partial charge in [0, 0.05) is 5.92 Å². The molecule has 2 N–H and O–H groups in total. The van der Waals surface area contributed by atoms with Crippen LogP contribution in [0.1, 0.15) is 19.3 Å². The van der Waals surface area contributed by atoms with Crippen LogP contribution in [0.5, 0.6) is 0 Å². The minimum absolute atomic E-state index is 0.0895. The van der Waals surface area contributed by atoms with Crippen molar-refractivity contribution in [1.29, 1.82) is 0 Å². The number of carbonyl (C=O) groups is 1. The van der Waals surface area contributed by atoms with E-state index in [0.717, 1.165) is 32.4 Å². The first-order valence-corrected chi connectivity index (χ1v) is 6.72. The molecule has 1 unspecified atom stereocenters. The molecule has 96 valence electrons. The summed E-state index contributed by atoms with van der Waals surface area (Å²) in [5, 5.41) is 6.60. The summed E-state index contributed by atoms with van der Waals surface area (Å²) in [5.74, 6) is 0.788. The zero-order valence-corrected chi connectivity index (χ0v) is 10.8. The zero-order valence-electron chi connectivity index (χ0n) is 10.1. The van der Waals surface area contributed by atoms with E-state index < -0.39 is 0 Å². The number of amides is 1. The molecule has 1 aliphatic heterocycles. The molecule has 1 aromatic rings. The summed E-state index contributed by atoms with van der Waals surface area (Å²) in [7, 11) is 0. The number of aromatic nitrogens is 1. The summed E-state index contributed by atoms with van der Waals surface area (Å²) in [4.78, 5) is 16.2. The van der Waals surface area contributed by atoms with Crippen LogP contribution in [0.25, 0.3) is 0 Å². The summed E-state index contributed by atoms with van der Waals surface area (Å²) in [6.45, 7) is 2.05. The van der Waals surface area contributed by atoms with Gasteiger partial charge in [0.15, 0.2) is 0 Å². The molecular formula is C13H16ClN3O. The lowest BCUT2D eigenvalue weighted by Crippen LogP contribution is -2.31. The standard InChI is InChI=1S/C13H16ClN3O/c14-10-2-1-3-11(16-10)17-12(18)9-8-13(9)4-6-15-7-5-13/h1-3,9,15H,4-8H2,(H,16,17,18).